The third kappa shape index (κ3) is 4.17. The molecule has 0 aliphatic heterocycles. The van der Waals surface area contributed by atoms with Crippen molar-refractivity contribution in [2.75, 3.05) is 6.54 Å². The first-order valence-electron chi connectivity index (χ1n) is 11.5. The average Bonchev–Trinajstić information content (AvgIpc) is 3.42. The number of carbonyl (C=O) groups excluding carboxylic acids is 1. The molecule has 1 amide bonds. The minimum absolute atomic E-state index is 0.00504. The minimum atomic E-state index is -0.00504. The molecule has 2 N–H and O–H groups in total. The van der Waals surface area contributed by atoms with Gasteiger partial charge in [-0.25, -0.2) is 4.98 Å². The van der Waals surface area contributed by atoms with Crippen LogP contribution in [0, 0.1) is 0 Å². The number of amides is 1. The first kappa shape index (κ1) is 21.2. The molecule has 1 saturated carbocycles. The molecule has 0 saturated heterocycles. The van der Waals surface area contributed by atoms with Gasteiger partial charge in [0.1, 0.15) is 10.7 Å². The fourth-order valence-corrected chi connectivity index (χ4v) is 5.98. The second-order valence-corrected chi connectivity index (χ2v) is 10.2. The largest absolute Gasteiger partial charge is 0.351 e. The molecule has 2 heterocycles. The average molecular weight is 447 g/mol. The number of para-hydroxylation sites is 2. The predicted octanol–water partition coefficient (Wildman–Crippen LogP) is 5.73. The molecule has 5 rings (SSSR count). The Morgan fingerprint density at radius 2 is 2.06 bits per heavy atom. The monoisotopic (exact) mass is 446 g/mol. The topological polar surface area (TPSA) is 61.0 Å². The van der Waals surface area contributed by atoms with E-state index in [9.17, 15) is 4.79 Å². The summed E-state index contributed by atoms with van der Waals surface area (Å²) in [6.45, 7) is 5.87. The number of carbonyl (C=O) groups is 1. The van der Waals surface area contributed by atoms with Crippen molar-refractivity contribution in [3.05, 3.63) is 65.3 Å². The van der Waals surface area contributed by atoms with Crippen LogP contribution in [0.5, 0.6) is 0 Å². The first-order valence-corrected chi connectivity index (χ1v) is 12.3. The molecule has 0 unspecified atom stereocenters. The van der Waals surface area contributed by atoms with Crippen molar-refractivity contribution in [3.63, 3.8) is 0 Å². The number of hydrogen-bond acceptors (Lipinski definition) is 4. The quantitative estimate of drug-likeness (QED) is 0.398. The van der Waals surface area contributed by atoms with Gasteiger partial charge in [-0.15, -0.1) is 11.3 Å². The van der Waals surface area contributed by atoms with Crippen molar-refractivity contribution < 1.29 is 4.79 Å². The van der Waals surface area contributed by atoms with Crippen LogP contribution < -0.4 is 5.32 Å². The maximum Gasteiger partial charge on any atom is 0.270 e. The van der Waals surface area contributed by atoms with E-state index < -0.39 is 0 Å². The molecule has 4 aromatic rings. The van der Waals surface area contributed by atoms with Crippen molar-refractivity contribution in [3.8, 4) is 0 Å². The third-order valence-electron chi connectivity index (χ3n) is 6.76. The van der Waals surface area contributed by atoms with Crippen molar-refractivity contribution in [1.29, 1.82) is 0 Å². The number of thiazole rings is 1. The van der Waals surface area contributed by atoms with Gasteiger partial charge < -0.3 is 15.2 Å². The van der Waals surface area contributed by atoms with Crippen LogP contribution in [0.15, 0.2) is 54.6 Å². The fraction of sp³-hybridized carbons (Fsp3) is 0.385. The molecule has 1 aliphatic rings. The Kier molecular flexibility index (Phi) is 5.74. The van der Waals surface area contributed by atoms with Crippen molar-refractivity contribution >= 4 is 38.4 Å². The van der Waals surface area contributed by atoms with Crippen LogP contribution in [-0.2, 0) is 6.54 Å². The molecule has 1 aliphatic carbocycles. The van der Waals surface area contributed by atoms with Gasteiger partial charge in [0, 0.05) is 35.6 Å². The van der Waals surface area contributed by atoms with Crippen molar-refractivity contribution in [1.82, 2.24) is 20.2 Å². The highest BCUT2D eigenvalue weighted by Crippen LogP contribution is 2.33. The number of nitrogens with one attached hydrogen (secondary N) is 2. The van der Waals surface area contributed by atoms with E-state index in [2.05, 4.69) is 47.2 Å². The van der Waals surface area contributed by atoms with Gasteiger partial charge in [-0.3, -0.25) is 4.79 Å². The van der Waals surface area contributed by atoms with Crippen LogP contribution in [0.4, 0.5) is 0 Å². The van der Waals surface area contributed by atoms with E-state index in [-0.39, 0.29) is 17.5 Å². The van der Waals surface area contributed by atoms with Gasteiger partial charge >= 0.3 is 0 Å². The molecule has 1 fully saturated rings. The molecule has 2 aromatic carbocycles. The zero-order valence-corrected chi connectivity index (χ0v) is 19.5. The van der Waals surface area contributed by atoms with Gasteiger partial charge in [-0.1, -0.05) is 30.3 Å². The van der Waals surface area contributed by atoms with Gasteiger partial charge in [0.25, 0.3) is 5.91 Å². The molecule has 2 aromatic heterocycles. The van der Waals surface area contributed by atoms with E-state index in [1.807, 2.05) is 36.4 Å². The first-order chi connectivity index (χ1) is 15.5. The Bertz CT molecular complexity index is 1180. The second-order valence-electron chi connectivity index (χ2n) is 9.10. The smallest absolute Gasteiger partial charge is 0.270 e. The number of nitrogens with zero attached hydrogens (tertiary/aromatic N) is 2. The molecule has 0 spiro atoms. The highest BCUT2D eigenvalue weighted by molar-refractivity contribution is 7.18. The van der Waals surface area contributed by atoms with Crippen LogP contribution in [0.3, 0.4) is 0 Å². The van der Waals surface area contributed by atoms with Crippen LogP contribution >= 0.6 is 11.3 Å². The van der Waals surface area contributed by atoms with E-state index in [1.165, 1.54) is 4.70 Å². The van der Waals surface area contributed by atoms with Gasteiger partial charge in [0.15, 0.2) is 0 Å². The molecule has 0 bridgehead atoms. The molecule has 2 atom stereocenters. The van der Waals surface area contributed by atoms with Gasteiger partial charge in [0.2, 0.25) is 0 Å². The zero-order valence-electron chi connectivity index (χ0n) is 18.7. The Labute approximate surface area is 192 Å². The van der Waals surface area contributed by atoms with Crippen LogP contribution in [0.1, 0.15) is 55.0 Å². The lowest BCUT2D eigenvalue weighted by Crippen LogP contribution is -2.52. The van der Waals surface area contributed by atoms with Crippen LogP contribution in [0.25, 0.3) is 21.1 Å². The Morgan fingerprint density at radius 1 is 1.25 bits per heavy atom. The lowest BCUT2D eigenvalue weighted by atomic mass is 9.79. The second kappa shape index (κ2) is 8.68. The summed E-state index contributed by atoms with van der Waals surface area (Å²) < 4.78 is 1.23. The van der Waals surface area contributed by atoms with E-state index >= 15 is 0 Å². The normalized spacial score (nSPS) is 21.2. The number of H-pyrrole nitrogens is 1. The summed E-state index contributed by atoms with van der Waals surface area (Å²) in [6.07, 6.45) is 4.24. The summed E-state index contributed by atoms with van der Waals surface area (Å²) >= 11 is 1.76. The number of hydrogen-bond donors (Lipinski definition) is 2. The highest BCUT2D eigenvalue weighted by atomic mass is 32.1. The van der Waals surface area contributed by atoms with E-state index in [0.717, 1.165) is 53.7 Å². The SMILES string of the molecule is CCN(C(=O)c1cc2ccccc2[nH]1)[C@H]1CCC[C@@](C)(NCc2nc3ccccc3s2)C1. The number of rotatable bonds is 6. The predicted molar refractivity (Wildman–Crippen MR) is 132 cm³/mol. The van der Waals surface area contributed by atoms with Crippen molar-refractivity contribution in [2.45, 2.75) is 57.7 Å². The molecular weight excluding hydrogens is 416 g/mol. The number of benzene rings is 2. The lowest BCUT2D eigenvalue weighted by molar-refractivity contribution is 0.0570. The van der Waals surface area contributed by atoms with E-state index in [4.69, 9.17) is 4.98 Å². The highest BCUT2D eigenvalue weighted by Gasteiger charge is 2.36. The van der Waals surface area contributed by atoms with Gasteiger partial charge in [0.05, 0.1) is 10.2 Å². The summed E-state index contributed by atoms with van der Waals surface area (Å²) in [6, 6.07) is 18.6. The summed E-state index contributed by atoms with van der Waals surface area (Å²) in [5.41, 5.74) is 2.76. The summed E-state index contributed by atoms with van der Waals surface area (Å²) in [4.78, 5) is 23.5. The Balaban J connectivity index is 1.29. The standard InChI is InChI=1S/C26H30N4OS/c1-3-30(25(31)22-15-18-9-4-5-11-20(18)28-22)19-10-8-14-26(2,16-19)27-17-24-29-21-12-6-7-13-23(21)32-24/h4-7,9,11-13,15,19,27-28H,3,8,10,14,16-17H2,1-2H3/t19-,26+/m0/s1. The van der Waals surface area contributed by atoms with Gasteiger partial charge in [-0.2, -0.15) is 0 Å². The van der Waals surface area contributed by atoms with Crippen LogP contribution in [-0.4, -0.2) is 38.9 Å². The third-order valence-corrected chi connectivity index (χ3v) is 7.80. The zero-order chi connectivity index (χ0) is 22.1. The Morgan fingerprint density at radius 3 is 2.88 bits per heavy atom. The lowest BCUT2D eigenvalue weighted by Gasteiger charge is -2.43. The summed E-state index contributed by atoms with van der Waals surface area (Å²) in [5.74, 6) is 0.101. The Hall–Kier alpha value is -2.70. The van der Waals surface area contributed by atoms with Crippen LogP contribution in [0.2, 0.25) is 0 Å². The van der Waals surface area contributed by atoms with E-state index in [1.54, 1.807) is 11.3 Å². The van der Waals surface area contributed by atoms with Gasteiger partial charge in [-0.05, 0) is 63.8 Å². The maximum absolute atomic E-state index is 13.4. The number of fused-ring (bicyclic) bond motifs is 2. The molecule has 32 heavy (non-hydrogen) atoms. The molecule has 0 radical (unpaired) electrons. The maximum atomic E-state index is 13.4. The van der Waals surface area contributed by atoms with Crippen molar-refractivity contribution in [2.24, 2.45) is 0 Å². The van der Waals surface area contributed by atoms with E-state index in [0.29, 0.717) is 12.2 Å². The fourth-order valence-electron chi connectivity index (χ4n) is 5.07. The molecule has 5 nitrogen and oxygen atoms in total. The molecule has 166 valence electrons. The number of aromatic amines is 1. The molecular formula is C26H30N4OS. The minimum Gasteiger partial charge on any atom is -0.351 e. The molecule has 6 heteroatoms. The summed E-state index contributed by atoms with van der Waals surface area (Å²) in [5, 5.41) is 5.99. The summed E-state index contributed by atoms with van der Waals surface area (Å²) in [7, 11) is 0. The number of aromatic nitrogens is 2.